The summed E-state index contributed by atoms with van der Waals surface area (Å²) in [4.78, 5) is 19.8. The summed E-state index contributed by atoms with van der Waals surface area (Å²) in [6.45, 7) is 1.02. The molecule has 4 N–H and O–H groups in total. The maximum Gasteiger partial charge on any atom is 0.271 e. The third-order valence-corrected chi connectivity index (χ3v) is 4.47. The van der Waals surface area contributed by atoms with Gasteiger partial charge in [0, 0.05) is 17.6 Å². The Balaban J connectivity index is 1.94. The van der Waals surface area contributed by atoms with E-state index in [-0.39, 0.29) is 5.56 Å². The molecule has 0 saturated carbocycles. The highest BCUT2D eigenvalue weighted by Crippen LogP contribution is 2.44. The number of hydrogen-bond donors (Lipinski definition) is 4. The van der Waals surface area contributed by atoms with Gasteiger partial charge in [-0.15, -0.1) is 0 Å². The van der Waals surface area contributed by atoms with Gasteiger partial charge in [0.25, 0.3) is 5.56 Å². The van der Waals surface area contributed by atoms with Gasteiger partial charge in [0.2, 0.25) is 0 Å². The van der Waals surface area contributed by atoms with Gasteiger partial charge in [-0.3, -0.25) is 4.79 Å². The number of aliphatic hydroxyl groups is 3. The minimum absolute atomic E-state index is 0.362. The topological polar surface area (TPSA) is 129 Å². The molecular formula is C15H16N4O5. The van der Waals surface area contributed by atoms with E-state index in [1.807, 2.05) is 0 Å². The molecule has 2 aromatic rings. The normalized spacial score (nSPS) is 31.4. The fourth-order valence-corrected chi connectivity index (χ4v) is 3.23. The molecule has 4 heterocycles. The highest BCUT2D eigenvalue weighted by atomic mass is 16.6. The fourth-order valence-electron chi connectivity index (χ4n) is 3.23. The molecule has 4 rings (SSSR count). The van der Waals surface area contributed by atoms with Gasteiger partial charge in [0.1, 0.15) is 29.4 Å². The van der Waals surface area contributed by atoms with Crippen LogP contribution in [-0.4, -0.2) is 55.6 Å². The largest absolute Gasteiger partial charge is 0.394 e. The van der Waals surface area contributed by atoms with Crippen molar-refractivity contribution in [2.24, 2.45) is 4.99 Å². The molecule has 2 unspecified atom stereocenters. The van der Waals surface area contributed by atoms with Crippen LogP contribution in [0.3, 0.4) is 0 Å². The first-order valence-electron chi connectivity index (χ1n) is 7.45. The molecule has 2 aliphatic rings. The van der Waals surface area contributed by atoms with Crippen LogP contribution in [0, 0.1) is 0 Å². The first kappa shape index (κ1) is 15.2. The lowest BCUT2D eigenvalue weighted by molar-refractivity contribution is -0.0955. The van der Waals surface area contributed by atoms with E-state index in [2.05, 4.69) is 15.3 Å². The molecule has 0 bridgehead atoms. The summed E-state index contributed by atoms with van der Waals surface area (Å²) < 4.78 is 7.22. The zero-order chi connectivity index (χ0) is 17.1. The van der Waals surface area contributed by atoms with Crippen molar-refractivity contribution >= 4 is 28.7 Å². The highest BCUT2D eigenvalue weighted by Gasteiger charge is 2.53. The molecule has 0 aromatic carbocycles. The van der Waals surface area contributed by atoms with E-state index in [0.717, 1.165) is 0 Å². The Labute approximate surface area is 135 Å². The van der Waals surface area contributed by atoms with Crippen molar-refractivity contribution in [3.05, 3.63) is 28.7 Å². The standard InChI is InChI=1S/C15H16N4O5/c1-15(23)11(22)8(5-20)24-14(15)19-4-7-2-3-9(21)18-12-10(7)13(19)17-6-16-12/h2-4,6,8,11,14,20,22-23H,5H2,1H3,(H,16,17,18,21)/t8?,11-,14?,15-/m1/s1. The molecule has 0 aliphatic carbocycles. The maximum atomic E-state index is 11.6. The number of anilines is 1. The first-order chi connectivity index (χ1) is 11.4. The monoisotopic (exact) mass is 332 g/mol. The second-order valence-corrected chi connectivity index (χ2v) is 6.10. The summed E-state index contributed by atoms with van der Waals surface area (Å²) in [5.41, 5.74) is -2.01. The van der Waals surface area contributed by atoms with Crippen molar-refractivity contribution in [1.29, 1.82) is 0 Å². The molecule has 2 aromatic heterocycles. The summed E-state index contributed by atoms with van der Waals surface area (Å²) in [6.07, 6.45) is -0.0464. The van der Waals surface area contributed by atoms with E-state index in [1.165, 1.54) is 19.3 Å². The number of aliphatic hydroxyl groups excluding tert-OH is 2. The molecule has 1 saturated heterocycles. The summed E-state index contributed by atoms with van der Waals surface area (Å²) in [6, 6.07) is 2.95. The molecule has 126 valence electrons. The van der Waals surface area contributed by atoms with Gasteiger partial charge in [0.15, 0.2) is 6.23 Å². The van der Waals surface area contributed by atoms with Crippen molar-refractivity contribution in [2.45, 2.75) is 31.0 Å². The Kier molecular flexibility index (Phi) is 3.22. The van der Waals surface area contributed by atoms with Gasteiger partial charge in [-0.25, -0.2) is 4.99 Å². The molecule has 4 atom stereocenters. The quantitative estimate of drug-likeness (QED) is 0.582. The summed E-state index contributed by atoms with van der Waals surface area (Å²) in [5, 5.41) is 34.3. The van der Waals surface area contributed by atoms with Crippen LogP contribution < -0.4 is 10.9 Å². The zero-order valence-corrected chi connectivity index (χ0v) is 12.7. The Bertz CT molecular complexity index is 907. The minimum Gasteiger partial charge on any atom is -0.394 e. The molecule has 24 heavy (non-hydrogen) atoms. The second-order valence-electron chi connectivity index (χ2n) is 6.10. The Morgan fingerprint density at radius 3 is 2.96 bits per heavy atom. The Hall–Kier alpha value is -2.33. The highest BCUT2D eigenvalue weighted by molar-refractivity contribution is 6.06. The van der Waals surface area contributed by atoms with Crippen molar-refractivity contribution in [3.63, 3.8) is 0 Å². The number of hydrogen-bond acceptors (Lipinski definition) is 8. The first-order valence-corrected chi connectivity index (χ1v) is 7.45. The van der Waals surface area contributed by atoms with Crippen LogP contribution in [0.5, 0.6) is 0 Å². The van der Waals surface area contributed by atoms with Crippen LogP contribution in [0.1, 0.15) is 13.2 Å². The Morgan fingerprint density at radius 2 is 2.25 bits per heavy atom. The van der Waals surface area contributed by atoms with Crippen molar-refractivity contribution < 1.29 is 20.1 Å². The van der Waals surface area contributed by atoms with Gasteiger partial charge in [-0.1, -0.05) is 0 Å². The molecule has 1 fully saturated rings. The third-order valence-electron chi connectivity index (χ3n) is 4.47. The number of aliphatic imine (C=N–C) groups is 1. The average Bonchev–Trinajstić information content (AvgIpc) is 2.95. The molecule has 9 heteroatoms. The van der Waals surface area contributed by atoms with Crippen LogP contribution >= 0.6 is 0 Å². The molecular weight excluding hydrogens is 316 g/mol. The van der Waals surface area contributed by atoms with E-state index in [4.69, 9.17) is 4.74 Å². The van der Waals surface area contributed by atoms with E-state index in [0.29, 0.717) is 22.4 Å². The lowest BCUT2D eigenvalue weighted by Gasteiger charge is -2.28. The fraction of sp³-hybridized carbons (Fsp3) is 0.400. The minimum atomic E-state index is -1.63. The zero-order valence-electron chi connectivity index (χ0n) is 12.7. The number of aromatic nitrogens is 2. The van der Waals surface area contributed by atoms with Crippen LogP contribution in [-0.2, 0) is 4.74 Å². The lowest BCUT2D eigenvalue weighted by Crippen LogP contribution is -2.44. The Morgan fingerprint density at radius 1 is 1.46 bits per heavy atom. The number of ether oxygens (including phenoxy) is 1. The van der Waals surface area contributed by atoms with Gasteiger partial charge >= 0.3 is 0 Å². The predicted molar refractivity (Wildman–Crippen MR) is 85.4 cm³/mol. The van der Waals surface area contributed by atoms with E-state index >= 15 is 0 Å². The SMILES string of the molecule is C[C@]1(O)C(n2cc3ccc(=O)nc4c3c2N=CN4)OC(CO)[C@H]1O. The number of rotatable bonds is 2. The number of nitrogens with zero attached hydrogens (tertiary/aromatic N) is 3. The average molecular weight is 332 g/mol. The summed E-state index contributed by atoms with van der Waals surface area (Å²) >= 11 is 0. The maximum absolute atomic E-state index is 11.6. The summed E-state index contributed by atoms with van der Waals surface area (Å²) in [7, 11) is 0. The molecule has 2 aliphatic heterocycles. The van der Waals surface area contributed by atoms with Crippen LogP contribution in [0.25, 0.3) is 10.8 Å². The van der Waals surface area contributed by atoms with Gasteiger partial charge < -0.3 is 29.9 Å². The second kappa shape index (κ2) is 5.08. The van der Waals surface area contributed by atoms with Crippen LogP contribution in [0.15, 0.2) is 28.1 Å². The van der Waals surface area contributed by atoms with Gasteiger partial charge in [-0.2, -0.15) is 4.98 Å². The van der Waals surface area contributed by atoms with Crippen molar-refractivity contribution in [2.75, 3.05) is 11.9 Å². The van der Waals surface area contributed by atoms with E-state index in [9.17, 15) is 20.1 Å². The van der Waals surface area contributed by atoms with Crippen LogP contribution in [0.4, 0.5) is 11.6 Å². The summed E-state index contributed by atoms with van der Waals surface area (Å²) in [5.74, 6) is 0.804. The van der Waals surface area contributed by atoms with Gasteiger partial charge in [-0.05, 0) is 13.0 Å². The van der Waals surface area contributed by atoms with Crippen molar-refractivity contribution in [1.82, 2.24) is 9.55 Å². The van der Waals surface area contributed by atoms with E-state index in [1.54, 1.807) is 16.8 Å². The van der Waals surface area contributed by atoms with Crippen LogP contribution in [0.2, 0.25) is 0 Å². The molecule has 0 spiro atoms. The van der Waals surface area contributed by atoms with E-state index < -0.39 is 30.6 Å². The molecule has 0 amide bonds. The van der Waals surface area contributed by atoms with Crippen molar-refractivity contribution in [3.8, 4) is 0 Å². The lowest BCUT2D eigenvalue weighted by atomic mass is 9.96. The van der Waals surface area contributed by atoms with Gasteiger partial charge in [0.05, 0.1) is 18.3 Å². The smallest absolute Gasteiger partial charge is 0.271 e. The molecule has 9 nitrogen and oxygen atoms in total. The number of nitrogens with one attached hydrogen (secondary N) is 1. The molecule has 0 radical (unpaired) electrons. The third kappa shape index (κ3) is 1.99. The predicted octanol–water partition coefficient (Wildman–Crippen LogP) is -0.517.